The second kappa shape index (κ2) is 14.4. The van der Waals surface area contributed by atoms with Gasteiger partial charge in [0.15, 0.2) is 5.96 Å². The van der Waals surface area contributed by atoms with E-state index in [-0.39, 0.29) is 24.0 Å². The molecule has 0 unspecified atom stereocenters. The lowest BCUT2D eigenvalue weighted by atomic mass is 10.1. The Morgan fingerprint density at radius 2 is 1.73 bits per heavy atom. The standard InChI is InChI=1S/C21H39N5O3.HI/c1-22-21(23-8-5-15-29-19-6-16-28-17-7-19)26-13-11-24(12-14-26)18-20(27)25-9-3-2-4-10-25;/h19H,2-18H2,1H3,(H,22,23);1H. The van der Waals surface area contributed by atoms with Crippen LogP contribution in [0.15, 0.2) is 4.99 Å². The fourth-order valence-electron chi connectivity index (χ4n) is 4.25. The predicted octanol–water partition coefficient (Wildman–Crippen LogP) is 1.40. The SMILES string of the molecule is CN=C(NCCCOC1CCOCC1)N1CCN(CC(=O)N2CCCCC2)CC1.I. The summed E-state index contributed by atoms with van der Waals surface area (Å²) in [4.78, 5) is 23.5. The quantitative estimate of drug-likeness (QED) is 0.229. The van der Waals surface area contributed by atoms with Crippen LogP contribution >= 0.6 is 24.0 Å². The summed E-state index contributed by atoms with van der Waals surface area (Å²) in [5.41, 5.74) is 0. The van der Waals surface area contributed by atoms with E-state index in [1.54, 1.807) is 0 Å². The van der Waals surface area contributed by atoms with Crippen LogP contribution in [0.1, 0.15) is 38.5 Å². The van der Waals surface area contributed by atoms with Gasteiger partial charge in [-0.25, -0.2) is 0 Å². The third-order valence-electron chi connectivity index (χ3n) is 6.08. The number of rotatable bonds is 7. The molecule has 174 valence electrons. The lowest BCUT2D eigenvalue weighted by Gasteiger charge is -2.37. The molecule has 0 aromatic rings. The average molecular weight is 537 g/mol. The van der Waals surface area contributed by atoms with Gasteiger partial charge in [-0.2, -0.15) is 0 Å². The maximum absolute atomic E-state index is 12.5. The molecule has 0 saturated carbocycles. The highest BCUT2D eigenvalue weighted by atomic mass is 127. The van der Waals surface area contributed by atoms with Crippen molar-refractivity contribution in [3.8, 4) is 0 Å². The van der Waals surface area contributed by atoms with Crippen molar-refractivity contribution in [2.75, 3.05) is 79.2 Å². The minimum Gasteiger partial charge on any atom is -0.381 e. The molecular formula is C21H40IN5O3. The highest BCUT2D eigenvalue weighted by Crippen LogP contribution is 2.11. The molecule has 0 atom stereocenters. The predicted molar refractivity (Wildman–Crippen MR) is 130 cm³/mol. The molecule has 0 aliphatic carbocycles. The van der Waals surface area contributed by atoms with Crippen molar-refractivity contribution in [1.29, 1.82) is 0 Å². The van der Waals surface area contributed by atoms with Crippen molar-refractivity contribution in [2.45, 2.75) is 44.6 Å². The van der Waals surface area contributed by atoms with Gasteiger partial charge in [-0.05, 0) is 38.5 Å². The van der Waals surface area contributed by atoms with E-state index in [0.29, 0.717) is 18.6 Å². The molecule has 0 bridgehead atoms. The van der Waals surface area contributed by atoms with Crippen molar-refractivity contribution < 1.29 is 14.3 Å². The van der Waals surface area contributed by atoms with Gasteiger partial charge in [0.1, 0.15) is 0 Å². The summed E-state index contributed by atoms with van der Waals surface area (Å²) in [6, 6.07) is 0. The summed E-state index contributed by atoms with van der Waals surface area (Å²) in [6.45, 7) is 9.36. The average Bonchev–Trinajstić information content (AvgIpc) is 2.78. The molecule has 3 rings (SSSR count). The number of likely N-dealkylation sites (tertiary alicyclic amines) is 1. The molecule has 8 nitrogen and oxygen atoms in total. The summed E-state index contributed by atoms with van der Waals surface area (Å²) in [5.74, 6) is 1.25. The molecule has 3 aliphatic rings. The first kappa shape index (κ1) is 25.6. The Morgan fingerprint density at radius 3 is 2.40 bits per heavy atom. The van der Waals surface area contributed by atoms with E-state index in [2.05, 4.69) is 20.1 Å². The third-order valence-corrected chi connectivity index (χ3v) is 6.08. The molecular weight excluding hydrogens is 497 g/mol. The summed E-state index contributed by atoms with van der Waals surface area (Å²) >= 11 is 0. The second-order valence-corrected chi connectivity index (χ2v) is 8.21. The highest BCUT2D eigenvalue weighted by Gasteiger charge is 2.24. The van der Waals surface area contributed by atoms with Crippen molar-refractivity contribution in [1.82, 2.24) is 20.0 Å². The van der Waals surface area contributed by atoms with Gasteiger partial charge in [0.25, 0.3) is 0 Å². The molecule has 1 N–H and O–H groups in total. The fraction of sp³-hybridized carbons (Fsp3) is 0.905. The van der Waals surface area contributed by atoms with Crippen LogP contribution in [0.3, 0.4) is 0 Å². The first-order chi connectivity index (χ1) is 14.3. The summed E-state index contributed by atoms with van der Waals surface area (Å²) < 4.78 is 11.3. The van der Waals surface area contributed by atoms with E-state index in [9.17, 15) is 4.79 Å². The van der Waals surface area contributed by atoms with Gasteiger partial charge in [0.2, 0.25) is 5.91 Å². The minimum absolute atomic E-state index is 0. The maximum Gasteiger partial charge on any atom is 0.236 e. The number of piperidine rings is 1. The number of hydrogen-bond acceptors (Lipinski definition) is 5. The van der Waals surface area contributed by atoms with E-state index in [0.717, 1.165) is 104 Å². The first-order valence-electron chi connectivity index (χ1n) is 11.4. The van der Waals surface area contributed by atoms with Crippen molar-refractivity contribution >= 4 is 35.8 Å². The number of guanidine groups is 1. The van der Waals surface area contributed by atoms with E-state index >= 15 is 0 Å². The Morgan fingerprint density at radius 1 is 1.03 bits per heavy atom. The Labute approximate surface area is 198 Å². The number of aliphatic imine (C=N–C) groups is 1. The van der Waals surface area contributed by atoms with Crippen LogP contribution in [0.5, 0.6) is 0 Å². The number of carbonyl (C=O) groups is 1. The summed E-state index contributed by atoms with van der Waals surface area (Å²) in [7, 11) is 1.84. The topological polar surface area (TPSA) is 69.6 Å². The van der Waals surface area contributed by atoms with Gasteiger partial charge in [0, 0.05) is 72.7 Å². The van der Waals surface area contributed by atoms with Gasteiger partial charge in [-0.15, -0.1) is 24.0 Å². The van der Waals surface area contributed by atoms with Gasteiger partial charge in [-0.3, -0.25) is 14.7 Å². The molecule has 1 amide bonds. The van der Waals surface area contributed by atoms with Gasteiger partial charge in [0.05, 0.1) is 12.6 Å². The number of piperazine rings is 1. The first-order valence-corrected chi connectivity index (χ1v) is 11.4. The molecule has 3 aliphatic heterocycles. The zero-order chi connectivity index (χ0) is 20.3. The van der Waals surface area contributed by atoms with E-state index in [1.807, 2.05) is 11.9 Å². The monoisotopic (exact) mass is 537 g/mol. The van der Waals surface area contributed by atoms with Crippen LogP contribution in [-0.2, 0) is 14.3 Å². The molecule has 9 heteroatoms. The zero-order valence-electron chi connectivity index (χ0n) is 18.5. The minimum atomic E-state index is 0. The normalized spacial score (nSPS) is 22.0. The molecule has 3 heterocycles. The van der Waals surface area contributed by atoms with Gasteiger partial charge < -0.3 is 24.6 Å². The smallest absolute Gasteiger partial charge is 0.236 e. The summed E-state index contributed by atoms with van der Waals surface area (Å²) in [5, 5.41) is 3.46. The molecule has 3 fully saturated rings. The van der Waals surface area contributed by atoms with E-state index in [4.69, 9.17) is 9.47 Å². The van der Waals surface area contributed by atoms with Gasteiger partial charge in [-0.1, -0.05) is 0 Å². The molecule has 3 saturated heterocycles. The Kier molecular flexibility index (Phi) is 12.3. The Hall–Kier alpha value is -0.650. The third kappa shape index (κ3) is 8.47. The van der Waals surface area contributed by atoms with Gasteiger partial charge >= 0.3 is 0 Å². The molecule has 0 radical (unpaired) electrons. The number of ether oxygens (including phenoxy) is 2. The lowest BCUT2D eigenvalue weighted by molar-refractivity contribution is -0.133. The second-order valence-electron chi connectivity index (χ2n) is 8.21. The number of hydrogen-bond donors (Lipinski definition) is 1. The van der Waals surface area contributed by atoms with Crippen molar-refractivity contribution in [2.24, 2.45) is 4.99 Å². The van der Waals surface area contributed by atoms with Crippen LogP contribution in [0.2, 0.25) is 0 Å². The zero-order valence-corrected chi connectivity index (χ0v) is 20.9. The molecule has 30 heavy (non-hydrogen) atoms. The van der Waals surface area contributed by atoms with Crippen LogP contribution < -0.4 is 5.32 Å². The lowest BCUT2D eigenvalue weighted by Crippen LogP contribution is -2.54. The van der Waals surface area contributed by atoms with Crippen LogP contribution in [-0.4, -0.2) is 112 Å². The van der Waals surface area contributed by atoms with E-state index in [1.165, 1.54) is 6.42 Å². The highest BCUT2D eigenvalue weighted by molar-refractivity contribution is 14.0. The molecule has 0 aromatic carbocycles. The molecule has 0 spiro atoms. The number of nitrogens with one attached hydrogen (secondary N) is 1. The number of nitrogens with zero attached hydrogens (tertiary/aromatic N) is 4. The number of amides is 1. The maximum atomic E-state index is 12.5. The Bertz CT molecular complexity index is 517. The van der Waals surface area contributed by atoms with Crippen LogP contribution in [0.25, 0.3) is 0 Å². The van der Waals surface area contributed by atoms with Crippen LogP contribution in [0, 0.1) is 0 Å². The number of carbonyl (C=O) groups excluding carboxylic acids is 1. The number of halogens is 1. The van der Waals surface area contributed by atoms with Crippen LogP contribution in [0.4, 0.5) is 0 Å². The Balaban J connectivity index is 0.00000320. The van der Waals surface area contributed by atoms with Crippen molar-refractivity contribution in [3.05, 3.63) is 0 Å². The fourth-order valence-corrected chi connectivity index (χ4v) is 4.25. The van der Waals surface area contributed by atoms with Crippen molar-refractivity contribution in [3.63, 3.8) is 0 Å². The molecule has 0 aromatic heterocycles. The largest absolute Gasteiger partial charge is 0.381 e. The summed E-state index contributed by atoms with van der Waals surface area (Å²) in [6.07, 6.45) is 6.93. The van der Waals surface area contributed by atoms with E-state index < -0.39 is 0 Å².